The lowest BCUT2D eigenvalue weighted by atomic mass is 9.96. The third-order valence-electron chi connectivity index (χ3n) is 2.45. The molecule has 0 spiro atoms. The molecule has 1 unspecified atom stereocenters. The number of hydrogen-bond acceptors (Lipinski definition) is 2. The zero-order valence-electron chi connectivity index (χ0n) is 8.63. The number of aromatic amines is 1. The first-order chi connectivity index (χ1) is 7.77. The SMILES string of the molecule is O=C(O)C(Cc1ncc[nH]1)c1ccccc1. The number of aromatic nitrogens is 2. The van der Waals surface area contributed by atoms with Crippen LogP contribution in [-0.4, -0.2) is 21.0 Å². The molecule has 0 radical (unpaired) electrons. The highest BCUT2D eigenvalue weighted by molar-refractivity contribution is 5.76. The van der Waals surface area contributed by atoms with E-state index in [2.05, 4.69) is 9.97 Å². The maximum atomic E-state index is 11.2. The summed E-state index contributed by atoms with van der Waals surface area (Å²) in [6, 6.07) is 9.19. The van der Waals surface area contributed by atoms with Crippen LogP contribution in [0.4, 0.5) is 0 Å². The molecule has 2 rings (SSSR count). The number of hydrogen-bond donors (Lipinski definition) is 2. The van der Waals surface area contributed by atoms with Crippen LogP contribution in [0.25, 0.3) is 0 Å². The van der Waals surface area contributed by atoms with Crippen LogP contribution in [0.5, 0.6) is 0 Å². The van der Waals surface area contributed by atoms with Gasteiger partial charge in [0.2, 0.25) is 0 Å². The summed E-state index contributed by atoms with van der Waals surface area (Å²) in [6.45, 7) is 0. The van der Waals surface area contributed by atoms with Gasteiger partial charge in [-0.2, -0.15) is 0 Å². The summed E-state index contributed by atoms with van der Waals surface area (Å²) >= 11 is 0. The van der Waals surface area contributed by atoms with Crippen LogP contribution in [0.15, 0.2) is 42.7 Å². The number of imidazole rings is 1. The maximum Gasteiger partial charge on any atom is 0.311 e. The van der Waals surface area contributed by atoms with Gasteiger partial charge < -0.3 is 10.1 Å². The molecule has 0 saturated carbocycles. The highest BCUT2D eigenvalue weighted by Gasteiger charge is 2.20. The second-order valence-electron chi connectivity index (χ2n) is 3.54. The minimum absolute atomic E-state index is 0.381. The second kappa shape index (κ2) is 4.61. The molecule has 0 bridgehead atoms. The van der Waals surface area contributed by atoms with E-state index in [0.717, 1.165) is 5.56 Å². The van der Waals surface area contributed by atoms with E-state index in [0.29, 0.717) is 12.2 Å². The number of benzene rings is 1. The second-order valence-corrected chi connectivity index (χ2v) is 3.54. The predicted octanol–water partition coefficient (Wildman–Crippen LogP) is 1.82. The van der Waals surface area contributed by atoms with Gasteiger partial charge in [-0.1, -0.05) is 30.3 Å². The van der Waals surface area contributed by atoms with Crippen LogP contribution in [-0.2, 0) is 11.2 Å². The van der Waals surface area contributed by atoms with Crippen molar-refractivity contribution in [1.29, 1.82) is 0 Å². The number of rotatable bonds is 4. The van der Waals surface area contributed by atoms with Gasteiger partial charge >= 0.3 is 5.97 Å². The summed E-state index contributed by atoms with van der Waals surface area (Å²) < 4.78 is 0. The molecule has 4 nitrogen and oxygen atoms in total. The zero-order chi connectivity index (χ0) is 11.4. The van der Waals surface area contributed by atoms with Crippen LogP contribution >= 0.6 is 0 Å². The lowest BCUT2D eigenvalue weighted by Crippen LogP contribution is -2.15. The molecule has 0 aliphatic heterocycles. The Kier molecular flexibility index (Phi) is 3.00. The molecule has 2 N–H and O–H groups in total. The summed E-state index contributed by atoms with van der Waals surface area (Å²) in [5.41, 5.74) is 0.798. The smallest absolute Gasteiger partial charge is 0.311 e. The summed E-state index contributed by atoms with van der Waals surface area (Å²) in [4.78, 5) is 18.1. The molecule has 2 aromatic rings. The highest BCUT2D eigenvalue weighted by Crippen LogP contribution is 2.19. The fraction of sp³-hybridized carbons (Fsp3) is 0.167. The van der Waals surface area contributed by atoms with Crippen LogP contribution in [0.1, 0.15) is 17.3 Å². The predicted molar refractivity (Wildman–Crippen MR) is 59.1 cm³/mol. The quantitative estimate of drug-likeness (QED) is 0.819. The van der Waals surface area contributed by atoms with Crippen LogP contribution in [0.3, 0.4) is 0 Å². The maximum absolute atomic E-state index is 11.2. The van der Waals surface area contributed by atoms with Crippen molar-refractivity contribution in [2.24, 2.45) is 0 Å². The fourth-order valence-corrected chi connectivity index (χ4v) is 1.64. The van der Waals surface area contributed by atoms with E-state index in [1.807, 2.05) is 30.3 Å². The van der Waals surface area contributed by atoms with E-state index in [1.165, 1.54) is 0 Å². The fourth-order valence-electron chi connectivity index (χ4n) is 1.64. The molecule has 0 aliphatic carbocycles. The zero-order valence-corrected chi connectivity index (χ0v) is 8.63. The average Bonchev–Trinajstić information content (AvgIpc) is 2.79. The van der Waals surface area contributed by atoms with E-state index in [-0.39, 0.29) is 0 Å². The molecule has 1 atom stereocenters. The molecule has 16 heavy (non-hydrogen) atoms. The van der Waals surface area contributed by atoms with E-state index in [4.69, 9.17) is 0 Å². The van der Waals surface area contributed by atoms with Crippen molar-refractivity contribution in [1.82, 2.24) is 9.97 Å². The largest absolute Gasteiger partial charge is 0.481 e. The van der Waals surface area contributed by atoms with Crippen molar-refractivity contribution in [2.75, 3.05) is 0 Å². The van der Waals surface area contributed by atoms with E-state index in [9.17, 15) is 9.90 Å². The molecule has 1 aromatic heterocycles. The molecule has 0 fully saturated rings. The normalized spacial score (nSPS) is 12.2. The van der Waals surface area contributed by atoms with Gasteiger partial charge in [0.25, 0.3) is 0 Å². The van der Waals surface area contributed by atoms with E-state index in [1.54, 1.807) is 12.4 Å². The first-order valence-corrected chi connectivity index (χ1v) is 5.03. The molecule has 0 aliphatic rings. The van der Waals surface area contributed by atoms with Gasteiger partial charge in [0.15, 0.2) is 0 Å². The lowest BCUT2D eigenvalue weighted by molar-refractivity contribution is -0.138. The Labute approximate surface area is 93.0 Å². The molecular weight excluding hydrogens is 204 g/mol. The van der Waals surface area contributed by atoms with Gasteiger partial charge in [-0.3, -0.25) is 4.79 Å². The van der Waals surface area contributed by atoms with Crippen molar-refractivity contribution in [3.8, 4) is 0 Å². The number of H-pyrrole nitrogens is 1. The van der Waals surface area contributed by atoms with Gasteiger partial charge in [-0.15, -0.1) is 0 Å². The van der Waals surface area contributed by atoms with Crippen molar-refractivity contribution < 1.29 is 9.90 Å². The number of carboxylic acids is 1. The standard InChI is InChI=1S/C12H12N2O2/c15-12(16)10(8-11-13-6-7-14-11)9-4-2-1-3-5-9/h1-7,10H,8H2,(H,13,14)(H,15,16). The Bertz CT molecular complexity index is 451. The minimum Gasteiger partial charge on any atom is -0.481 e. The summed E-state index contributed by atoms with van der Waals surface area (Å²) in [5, 5.41) is 9.18. The van der Waals surface area contributed by atoms with Gasteiger partial charge in [-0.05, 0) is 5.56 Å². The molecule has 82 valence electrons. The van der Waals surface area contributed by atoms with Crippen LogP contribution < -0.4 is 0 Å². The monoisotopic (exact) mass is 216 g/mol. The molecule has 1 aromatic carbocycles. The van der Waals surface area contributed by atoms with Crippen molar-refractivity contribution in [3.63, 3.8) is 0 Å². The third kappa shape index (κ3) is 2.28. The van der Waals surface area contributed by atoms with Gasteiger partial charge in [-0.25, -0.2) is 4.98 Å². The Balaban J connectivity index is 2.22. The van der Waals surface area contributed by atoms with Crippen LogP contribution in [0, 0.1) is 0 Å². The van der Waals surface area contributed by atoms with Crippen molar-refractivity contribution in [2.45, 2.75) is 12.3 Å². The number of carboxylic acid groups (broad SMARTS) is 1. The summed E-state index contributed by atoms with van der Waals surface area (Å²) in [7, 11) is 0. The topological polar surface area (TPSA) is 66.0 Å². The number of carbonyl (C=O) groups is 1. The number of nitrogens with zero attached hydrogens (tertiary/aromatic N) is 1. The van der Waals surface area contributed by atoms with E-state index < -0.39 is 11.9 Å². The number of nitrogens with one attached hydrogen (secondary N) is 1. The van der Waals surface area contributed by atoms with E-state index >= 15 is 0 Å². The van der Waals surface area contributed by atoms with Gasteiger partial charge in [0.1, 0.15) is 5.82 Å². The Hall–Kier alpha value is -2.10. The third-order valence-corrected chi connectivity index (χ3v) is 2.45. The molecule has 0 amide bonds. The van der Waals surface area contributed by atoms with Crippen molar-refractivity contribution >= 4 is 5.97 Å². The Morgan fingerprint density at radius 2 is 2.12 bits per heavy atom. The minimum atomic E-state index is -0.831. The average molecular weight is 216 g/mol. The molecule has 1 heterocycles. The first-order valence-electron chi connectivity index (χ1n) is 5.03. The van der Waals surface area contributed by atoms with Gasteiger partial charge in [0, 0.05) is 18.8 Å². The van der Waals surface area contributed by atoms with Crippen molar-refractivity contribution in [3.05, 3.63) is 54.1 Å². The summed E-state index contributed by atoms with van der Waals surface area (Å²) in [6.07, 6.45) is 3.70. The molecule has 0 saturated heterocycles. The lowest BCUT2D eigenvalue weighted by Gasteiger charge is -2.10. The Morgan fingerprint density at radius 3 is 2.69 bits per heavy atom. The van der Waals surface area contributed by atoms with Gasteiger partial charge in [0.05, 0.1) is 5.92 Å². The molecule has 4 heteroatoms. The highest BCUT2D eigenvalue weighted by atomic mass is 16.4. The van der Waals surface area contributed by atoms with Crippen LogP contribution in [0.2, 0.25) is 0 Å². The number of aliphatic carboxylic acids is 1. The Morgan fingerprint density at radius 1 is 1.38 bits per heavy atom. The molecular formula is C12H12N2O2. The first kappa shape index (κ1) is 10.4. The summed E-state index contributed by atoms with van der Waals surface area (Å²) in [5.74, 6) is -0.689.